The number of carbonyl (C=O) groups excluding carboxylic acids is 1. The van der Waals surface area contributed by atoms with Crippen LogP contribution in [0.4, 0.5) is 5.95 Å². The van der Waals surface area contributed by atoms with E-state index in [1.165, 1.54) is 5.56 Å². The quantitative estimate of drug-likeness (QED) is 0.653. The smallest absolute Gasteiger partial charge is 0.227 e. The number of aryl methyl sites for hydroxylation is 2. The minimum atomic E-state index is -0.406. The van der Waals surface area contributed by atoms with Crippen LogP contribution in [0, 0.1) is 19.8 Å². The van der Waals surface area contributed by atoms with Gasteiger partial charge >= 0.3 is 0 Å². The van der Waals surface area contributed by atoms with E-state index in [0.29, 0.717) is 12.4 Å². The second kappa shape index (κ2) is 7.56. The average molecular weight is 375 g/mol. The maximum absolute atomic E-state index is 12.7. The molecule has 2 aromatic carbocycles. The van der Waals surface area contributed by atoms with Crippen molar-refractivity contribution < 1.29 is 4.79 Å². The van der Waals surface area contributed by atoms with Crippen LogP contribution < -0.4 is 16.0 Å². The zero-order valence-corrected chi connectivity index (χ0v) is 16.4. The largest absolute Gasteiger partial charge is 0.323 e. The van der Waals surface area contributed by atoms with Crippen LogP contribution in [0.1, 0.15) is 23.7 Å². The first-order valence-corrected chi connectivity index (χ1v) is 9.61. The normalized spacial score (nSPS) is 22.1. The van der Waals surface area contributed by atoms with Crippen LogP contribution in [-0.2, 0) is 11.2 Å². The van der Waals surface area contributed by atoms with E-state index in [4.69, 9.17) is 0 Å². The summed E-state index contributed by atoms with van der Waals surface area (Å²) < 4.78 is 0. The van der Waals surface area contributed by atoms with Crippen LogP contribution >= 0.6 is 0 Å². The molecule has 1 saturated heterocycles. The monoisotopic (exact) mass is 375 g/mol. The van der Waals surface area contributed by atoms with Crippen molar-refractivity contribution in [2.45, 2.75) is 39.5 Å². The lowest BCUT2D eigenvalue weighted by molar-refractivity contribution is -0.128. The third-order valence-corrected chi connectivity index (χ3v) is 5.27. The maximum Gasteiger partial charge on any atom is 0.227 e. The van der Waals surface area contributed by atoms with Gasteiger partial charge in [0, 0.05) is 11.4 Å². The van der Waals surface area contributed by atoms with E-state index in [9.17, 15) is 4.79 Å². The third-order valence-electron chi connectivity index (χ3n) is 5.27. The van der Waals surface area contributed by atoms with Gasteiger partial charge in [-0.3, -0.25) is 10.1 Å². The Bertz CT molecular complexity index is 1000. The highest BCUT2D eigenvalue weighted by molar-refractivity contribution is 5.83. The van der Waals surface area contributed by atoms with E-state index in [1.54, 1.807) is 0 Å². The van der Waals surface area contributed by atoms with Crippen molar-refractivity contribution in [1.82, 2.24) is 20.6 Å². The third kappa shape index (κ3) is 3.82. The summed E-state index contributed by atoms with van der Waals surface area (Å²) in [5, 5.41) is 10.7. The first-order chi connectivity index (χ1) is 13.5. The van der Waals surface area contributed by atoms with Crippen molar-refractivity contribution >= 4 is 22.8 Å². The van der Waals surface area contributed by atoms with E-state index in [-0.39, 0.29) is 17.9 Å². The summed E-state index contributed by atoms with van der Waals surface area (Å²) in [6.07, 6.45) is 0.301. The van der Waals surface area contributed by atoms with Gasteiger partial charge in [0.05, 0.1) is 17.1 Å². The number of benzene rings is 2. The molecule has 6 heteroatoms. The fourth-order valence-electron chi connectivity index (χ4n) is 3.70. The fourth-order valence-corrected chi connectivity index (χ4v) is 3.70. The van der Waals surface area contributed by atoms with Crippen LogP contribution in [0.15, 0.2) is 48.5 Å². The van der Waals surface area contributed by atoms with Crippen LogP contribution in [0.5, 0.6) is 0 Å². The number of rotatable bonds is 4. The standard InChI is InChI=1S/C22H25N5O/c1-13-9-10-19-17(11-13)14(2)23-21(25-19)27-22-24-15(3)18(20(28)26-22)12-16-7-5-4-6-8-16/h4-11,15,18,22,24H,12H2,1-3H3,(H,26,28)(H,23,25,27). The Morgan fingerprint density at radius 2 is 1.86 bits per heavy atom. The van der Waals surface area contributed by atoms with Gasteiger partial charge < -0.3 is 10.6 Å². The van der Waals surface area contributed by atoms with Gasteiger partial charge in [0.25, 0.3) is 0 Å². The number of anilines is 1. The van der Waals surface area contributed by atoms with Crippen molar-refractivity contribution in [3.8, 4) is 0 Å². The van der Waals surface area contributed by atoms with Crippen molar-refractivity contribution in [1.29, 1.82) is 0 Å². The summed E-state index contributed by atoms with van der Waals surface area (Å²) >= 11 is 0. The molecule has 1 fully saturated rings. The number of amides is 1. The lowest BCUT2D eigenvalue weighted by Gasteiger charge is -2.36. The Kier molecular flexibility index (Phi) is 4.96. The fraction of sp³-hybridized carbons (Fsp3) is 0.318. The molecule has 3 unspecified atom stereocenters. The minimum Gasteiger partial charge on any atom is -0.323 e. The summed E-state index contributed by atoms with van der Waals surface area (Å²) in [4.78, 5) is 21.8. The molecule has 3 atom stereocenters. The summed E-state index contributed by atoms with van der Waals surface area (Å²) in [5.41, 5.74) is 4.14. The molecular formula is C22H25N5O. The van der Waals surface area contributed by atoms with Gasteiger partial charge in [-0.25, -0.2) is 9.97 Å². The second-order valence-corrected chi connectivity index (χ2v) is 7.49. The number of hydrogen-bond donors (Lipinski definition) is 3. The van der Waals surface area contributed by atoms with E-state index >= 15 is 0 Å². The predicted octanol–water partition coefficient (Wildman–Crippen LogP) is 2.91. The molecule has 3 N–H and O–H groups in total. The molecule has 0 saturated carbocycles. The molecule has 0 spiro atoms. The van der Waals surface area contributed by atoms with E-state index in [2.05, 4.69) is 51.0 Å². The van der Waals surface area contributed by atoms with Crippen molar-refractivity contribution in [3.63, 3.8) is 0 Å². The van der Waals surface area contributed by atoms with Crippen molar-refractivity contribution in [3.05, 3.63) is 65.4 Å². The maximum atomic E-state index is 12.7. The molecule has 6 nitrogen and oxygen atoms in total. The topological polar surface area (TPSA) is 78.9 Å². The van der Waals surface area contributed by atoms with E-state index in [1.807, 2.05) is 44.2 Å². The highest BCUT2D eigenvalue weighted by Crippen LogP contribution is 2.20. The number of fused-ring (bicyclic) bond motifs is 1. The molecule has 0 aliphatic carbocycles. The number of nitrogens with one attached hydrogen (secondary N) is 3. The van der Waals surface area contributed by atoms with Gasteiger partial charge in [-0.15, -0.1) is 0 Å². The highest BCUT2D eigenvalue weighted by atomic mass is 16.2. The van der Waals surface area contributed by atoms with Crippen LogP contribution in [0.3, 0.4) is 0 Å². The molecule has 144 valence electrons. The number of aromatic nitrogens is 2. The zero-order valence-electron chi connectivity index (χ0n) is 16.4. The summed E-state index contributed by atoms with van der Waals surface area (Å²) in [5.74, 6) is 0.406. The van der Waals surface area contributed by atoms with Crippen LogP contribution in [0.25, 0.3) is 10.9 Å². The molecule has 3 aromatic rings. The Balaban J connectivity index is 1.47. The molecule has 0 bridgehead atoms. The minimum absolute atomic E-state index is 0.0238. The SMILES string of the molecule is Cc1ccc2nc(NC3NC(=O)C(Cc4ccccc4)C(C)N3)nc(C)c2c1. The van der Waals surface area contributed by atoms with Gasteiger partial charge in [0.2, 0.25) is 11.9 Å². The van der Waals surface area contributed by atoms with Gasteiger partial charge in [0.15, 0.2) is 6.29 Å². The Morgan fingerprint density at radius 1 is 1.07 bits per heavy atom. The van der Waals surface area contributed by atoms with Crippen LogP contribution in [0.2, 0.25) is 0 Å². The predicted molar refractivity (Wildman–Crippen MR) is 111 cm³/mol. The van der Waals surface area contributed by atoms with Crippen molar-refractivity contribution in [2.24, 2.45) is 5.92 Å². The number of hydrogen-bond acceptors (Lipinski definition) is 5. The summed E-state index contributed by atoms with van der Waals surface area (Å²) in [7, 11) is 0. The summed E-state index contributed by atoms with van der Waals surface area (Å²) in [6, 6.07) is 16.2. The first kappa shape index (κ1) is 18.4. The second-order valence-electron chi connectivity index (χ2n) is 7.49. The Hall–Kier alpha value is -2.99. The molecule has 1 amide bonds. The average Bonchev–Trinajstić information content (AvgIpc) is 2.66. The zero-order chi connectivity index (χ0) is 19.7. The van der Waals surface area contributed by atoms with Gasteiger partial charge in [-0.05, 0) is 44.9 Å². The molecule has 1 aliphatic heterocycles. The Morgan fingerprint density at radius 3 is 2.61 bits per heavy atom. The molecule has 0 radical (unpaired) electrons. The molecule has 1 aromatic heterocycles. The van der Waals surface area contributed by atoms with Crippen LogP contribution in [-0.4, -0.2) is 28.2 Å². The lowest BCUT2D eigenvalue weighted by Crippen LogP contribution is -2.63. The van der Waals surface area contributed by atoms with Gasteiger partial charge in [-0.2, -0.15) is 0 Å². The van der Waals surface area contributed by atoms with E-state index < -0.39 is 6.29 Å². The lowest BCUT2D eigenvalue weighted by atomic mass is 9.91. The van der Waals surface area contributed by atoms with Gasteiger partial charge in [0.1, 0.15) is 0 Å². The molecule has 1 aliphatic rings. The summed E-state index contributed by atoms with van der Waals surface area (Å²) in [6.45, 7) is 6.07. The molecule has 28 heavy (non-hydrogen) atoms. The first-order valence-electron chi connectivity index (χ1n) is 9.61. The highest BCUT2D eigenvalue weighted by Gasteiger charge is 2.33. The molecule has 2 heterocycles. The van der Waals surface area contributed by atoms with E-state index in [0.717, 1.165) is 22.2 Å². The molecular weight excluding hydrogens is 350 g/mol. The van der Waals surface area contributed by atoms with Gasteiger partial charge in [-0.1, -0.05) is 42.0 Å². The Labute approximate surface area is 164 Å². The van der Waals surface area contributed by atoms with Crippen molar-refractivity contribution in [2.75, 3.05) is 5.32 Å². The molecule has 4 rings (SSSR count). The number of nitrogens with zero attached hydrogens (tertiary/aromatic N) is 2. The number of carbonyl (C=O) groups is 1.